The molecule has 0 spiro atoms. The van der Waals surface area contributed by atoms with Crippen molar-refractivity contribution >= 4 is 21.4 Å². The third kappa shape index (κ3) is 5.02. The van der Waals surface area contributed by atoms with Crippen molar-refractivity contribution in [3.63, 3.8) is 0 Å². The Hall–Kier alpha value is -1.99. The van der Waals surface area contributed by atoms with Crippen molar-refractivity contribution in [3.8, 4) is 0 Å². The average molecular weight is 388 g/mol. The van der Waals surface area contributed by atoms with Crippen molar-refractivity contribution in [3.05, 3.63) is 94.2 Å². The number of hydrogen-bond acceptors (Lipinski definition) is 4. The van der Waals surface area contributed by atoms with Crippen LogP contribution in [0.4, 0.5) is 0 Å². The van der Waals surface area contributed by atoms with Gasteiger partial charge in [-0.2, -0.15) is 4.31 Å². The summed E-state index contributed by atoms with van der Waals surface area (Å²) in [7, 11) is -3.58. The van der Waals surface area contributed by atoms with E-state index in [1.807, 2.05) is 66.0 Å². The predicted molar refractivity (Wildman–Crippen MR) is 105 cm³/mol. The van der Waals surface area contributed by atoms with Gasteiger partial charge < -0.3 is 5.11 Å². The van der Waals surface area contributed by atoms with Crippen LogP contribution in [0.5, 0.6) is 0 Å². The van der Waals surface area contributed by atoms with Gasteiger partial charge in [0.15, 0.2) is 0 Å². The molecule has 26 heavy (non-hydrogen) atoms. The minimum absolute atomic E-state index is 0.0323. The number of rotatable bonds is 8. The minimum atomic E-state index is -3.58. The molecule has 1 N–H and O–H groups in total. The molecule has 0 aliphatic carbocycles. The number of nitrogens with zero attached hydrogens (tertiary/aromatic N) is 1. The fraction of sp³-hybridized carbons (Fsp3) is 0.200. The number of thiophene rings is 1. The van der Waals surface area contributed by atoms with E-state index in [2.05, 4.69) is 0 Å². The lowest BCUT2D eigenvalue weighted by molar-refractivity contribution is 0.149. The fourth-order valence-electron chi connectivity index (χ4n) is 2.70. The van der Waals surface area contributed by atoms with Gasteiger partial charge in [0.1, 0.15) is 6.10 Å². The van der Waals surface area contributed by atoms with E-state index in [-0.39, 0.29) is 18.8 Å². The van der Waals surface area contributed by atoms with Gasteiger partial charge in [0.05, 0.1) is 5.75 Å². The van der Waals surface area contributed by atoms with Crippen molar-refractivity contribution < 1.29 is 13.5 Å². The van der Waals surface area contributed by atoms with Crippen LogP contribution >= 0.6 is 11.3 Å². The topological polar surface area (TPSA) is 57.6 Å². The Bertz CT molecular complexity index is 895. The van der Waals surface area contributed by atoms with E-state index >= 15 is 0 Å². The standard InChI is InChI=1S/C20H21NO3S2/c22-19(20-12-7-13-25-20)15-21(14-17-8-3-1-4-9-17)26(23,24)16-18-10-5-2-6-11-18/h1-13,19,22H,14-16H2/t19-/m1/s1. The van der Waals surface area contributed by atoms with E-state index in [9.17, 15) is 13.5 Å². The summed E-state index contributed by atoms with van der Waals surface area (Å²) >= 11 is 1.42. The number of benzene rings is 2. The molecule has 4 nitrogen and oxygen atoms in total. The van der Waals surface area contributed by atoms with Gasteiger partial charge in [-0.05, 0) is 22.6 Å². The third-order valence-electron chi connectivity index (χ3n) is 4.04. The van der Waals surface area contributed by atoms with Crippen LogP contribution in [0.25, 0.3) is 0 Å². The van der Waals surface area contributed by atoms with E-state index in [4.69, 9.17) is 0 Å². The Morgan fingerprint density at radius 3 is 2.08 bits per heavy atom. The highest BCUT2D eigenvalue weighted by Gasteiger charge is 2.26. The van der Waals surface area contributed by atoms with Crippen LogP contribution in [0, 0.1) is 0 Å². The molecule has 6 heteroatoms. The van der Waals surface area contributed by atoms with Gasteiger partial charge in [0.2, 0.25) is 10.0 Å². The molecule has 1 atom stereocenters. The largest absolute Gasteiger partial charge is 0.386 e. The average Bonchev–Trinajstić information content (AvgIpc) is 3.17. The highest BCUT2D eigenvalue weighted by Crippen LogP contribution is 2.23. The van der Waals surface area contributed by atoms with Gasteiger partial charge in [-0.1, -0.05) is 66.7 Å². The minimum Gasteiger partial charge on any atom is -0.386 e. The monoisotopic (exact) mass is 387 g/mol. The SMILES string of the molecule is O=S(=O)(Cc1ccccc1)N(Cc1ccccc1)C[C@@H](O)c1cccs1. The molecular formula is C20H21NO3S2. The summed E-state index contributed by atoms with van der Waals surface area (Å²) < 4.78 is 27.4. The summed E-state index contributed by atoms with van der Waals surface area (Å²) in [6, 6.07) is 22.2. The quantitative estimate of drug-likeness (QED) is 0.639. The van der Waals surface area contributed by atoms with Crippen molar-refractivity contribution in [2.24, 2.45) is 0 Å². The first-order chi connectivity index (χ1) is 12.5. The third-order valence-corrected chi connectivity index (χ3v) is 6.77. The van der Waals surface area contributed by atoms with Crippen molar-refractivity contribution in [1.29, 1.82) is 0 Å². The Kier molecular flexibility index (Phi) is 6.21. The molecule has 3 aromatic rings. The maximum absolute atomic E-state index is 13.0. The summed E-state index contributed by atoms with van der Waals surface area (Å²) in [5.41, 5.74) is 1.62. The van der Waals surface area contributed by atoms with E-state index in [1.165, 1.54) is 15.6 Å². The van der Waals surface area contributed by atoms with Crippen LogP contribution in [-0.4, -0.2) is 24.4 Å². The van der Waals surface area contributed by atoms with Crippen molar-refractivity contribution in [1.82, 2.24) is 4.31 Å². The molecule has 1 heterocycles. The molecule has 0 saturated carbocycles. The molecule has 0 aliphatic heterocycles. The number of aliphatic hydroxyl groups is 1. The molecule has 0 aliphatic rings. The van der Waals surface area contributed by atoms with Crippen LogP contribution in [-0.2, 0) is 22.3 Å². The Morgan fingerprint density at radius 1 is 0.885 bits per heavy atom. The molecule has 0 amide bonds. The Labute approximate surface area is 158 Å². The number of hydrogen-bond donors (Lipinski definition) is 1. The zero-order chi connectivity index (χ0) is 18.4. The van der Waals surface area contributed by atoms with Crippen molar-refractivity contribution in [2.75, 3.05) is 6.54 Å². The maximum Gasteiger partial charge on any atom is 0.218 e. The molecular weight excluding hydrogens is 366 g/mol. The van der Waals surface area contributed by atoms with Crippen LogP contribution < -0.4 is 0 Å². The van der Waals surface area contributed by atoms with Crippen LogP contribution in [0.15, 0.2) is 78.2 Å². The molecule has 0 saturated heterocycles. The zero-order valence-corrected chi connectivity index (χ0v) is 15.9. The molecule has 0 bridgehead atoms. The van der Waals surface area contributed by atoms with Gasteiger partial charge >= 0.3 is 0 Å². The molecule has 0 fully saturated rings. The first-order valence-corrected chi connectivity index (χ1v) is 10.8. The van der Waals surface area contributed by atoms with Gasteiger partial charge in [-0.15, -0.1) is 11.3 Å². The van der Waals surface area contributed by atoms with E-state index < -0.39 is 16.1 Å². The summed E-state index contributed by atoms with van der Waals surface area (Å²) in [5.74, 6) is -0.0855. The fourth-order valence-corrected chi connectivity index (χ4v) is 4.92. The second-order valence-electron chi connectivity index (χ2n) is 6.05. The lowest BCUT2D eigenvalue weighted by atomic mass is 10.2. The summed E-state index contributed by atoms with van der Waals surface area (Å²) in [6.07, 6.45) is -0.843. The lowest BCUT2D eigenvalue weighted by Crippen LogP contribution is -2.35. The molecule has 0 radical (unpaired) electrons. The van der Waals surface area contributed by atoms with Gasteiger partial charge in [-0.3, -0.25) is 0 Å². The lowest BCUT2D eigenvalue weighted by Gasteiger charge is -2.24. The predicted octanol–water partition coefficient (Wildman–Crippen LogP) is 3.81. The van der Waals surface area contributed by atoms with Crippen LogP contribution in [0.1, 0.15) is 22.1 Å². The second-order valence-corrected chi connectivity index (χ2v) is 9.00. The second kappa shape index (κ2) is 8.60. The Balaban J connectivity index is 1.83. The first-order valence-electron chi connectivity index (χ1n) is 8.32. The Morgan fingerprint density at radius 2 is 1.50 bits per heavy atom. The van der Waals surface area contributed by atoms with Gasteiger partial charge in [0.25, 0.3) is 0 Å². The van der Waals surface area contributed by atoms with E-state index in [0.29, 0.717) is 0 Å². The van der Waals surface area contributed by atoms with Gasteiger partial charge in [-0.25, -0.2) is 8.42 Å². The molecule has 0 unspecified atom stereocenters. The molecule has 1 aromatic heterocycles. The highest BCUT2D eigenvalue weighted by atomic mass is 32.2. The summed E-state index contributed by atoms with van der Waals surface area (Å²) in [4.78, 5) is 0.762. The van der Waals surface area contributed by atoms with Crippen LogP contribution in [0.2, 0.25) is 0 Å². The van der Waals surface area contributed by atoms with Crippen LogP contribution in [0.3, 0.4) is 0 Å². The highest BCUT2D eigenvalue weighted by molar-refractivity contribution is 7.88. The number of sulfonamides is 1. The zero-order valence-electron chi connectivity index (χ0n) is 14.2. The van der Waals surface area contributed by atoms with E-state index in [0.717, 1.165) is 16.0 Å². The van der Waals surface area contributed by atoms with E-state index in [1.54, 1.807) is 12.1 Å². The molecule has 2 aromatic carbocycles. The first kappa shape index (κ1) is 18.8. The normalized spacial score (nSPS) is 13.0. The molecule has 136 valence electrons. The van der Waals surface area contributed by atoms with Gasteiger partial charge in [0, 0.05) is 18.0 Å². The summed E-state index contributed by atoms with van der Waals surface area (Å²) in [6.45, 7) is 0.267. The summed E-state index contributed by atoms with van der Waals surface area (Å²) in [5, 5.41) is 12.4. The number of aliphatic hydroxyl groups excluding tert-OH is 1. The smallest absolute Gasteiger partial charge is 0.218 e. The maximum atomic E-state index is 13.0. The molecule has 3 rings (SSSR count). The van der Waals surface area contributed by atoms with Crippen molar-refractivity contribution in [2.45, 2.75) is 18.4 Å².